The molecule has 0 bridgehead atoms. The van der Waals surface area contributed by atoms with E-state index in [-0.39, 0.29) is 5.78 Å². The molecular formula is C19H14N4O. The summed E-state index contributed by atoms with van der Waals surface area (Å²) < 4.78 is 0. The second-order valence-corrected chi connectivity index (χ2v) is 5.36. The lowest BCUT2D eigenvalue weighted by molar-refractivity contribution is 0.103. The van der Waals surface area contributed by atoms with Crippen molar-refractivity contribution in [2.45, 2.75) is 0 Å². The predicted octanol–water partition coefficient (Wildman–Crippen LogP) is 3.93. The third kappa shape index (κ3) is 2.63. The van der Waals surface area contributed by atoms with Gasteiger partial charge in [-0.1, -0.05) is 30.3 Å². The van der Waals surface area contributed by atoms with Crippen LogP contribution in [0.3, 0.4) is 0 Å². The number of nitrogens with zero attached hydrogens (tertiary/aromatic N) is 2. The van der Waals surface area contributed by atoms with Gasteiger partial charge in [-0.2, -0.15) is 0 Å². The van der Waals surface area contributed by atoms with E-state index in [0.29, 0.717) is 11.1 Å². The van der Waals surface area contributed by atoms with Crippen LogP contribution in [0.5, 0.6) is 0 Å². The zero-order chi connectivity index (χ0) is 16.4. The molecule has 0 radical (unpaired) electrons. The average molecular weight is 314 g/mol. The molecule has 4 aromatic rings. The minimum absolute atomic E-state index is 0.0113. The summed E-state index contributed by atoms with van der Waals surface area (Å²) >= 11 is 0. The van der Waals surface area contributed by atoms with Crippen molar-refractivity contribution < 1.29 is 4.79 Å². The molecule has 2 aromatic carbocycles. The number of carbonyl (C=O) groups is 1. The highest BCUT2D eigenvalue weighted by atomic mass is 16.1. The molecule has 0 unspecified atom stereocenters. The van der Waals surface area contributed by atoms with E-state index in [1.807, 2.05) is 66.9 Å². The smallest absolute Gasteiger partial charge is 0.193 e. The Bertz CT molecular complexity index is 991. The largest absolute Gasteiger partial charge is 0.346 e. The summed E-state index contributed by atoms with van der Waals surface area (Å²) in [6.07, 6.45) is 3.33. The molecule has 0 atom stereocenters. The Morgan fingerprint density at radius 2 is 1.62 bits per heavy atom. The summed E-state index contributed by atoms with van der Waals surface area (Å²) in [5.74, 6) is 0.737. The number of anilines is 2. The van der Waals surface area contributed by atoms with Crippen LogP contribution in [0.1, 0.15) is 15.9 Å². The number of ketones is 1. The molecule has 0 fully saturated rings. The molecule has 0 aliphatic heterocycles. The maximum Gasteiger partial charge on any atom is 0.193 e. The summed E-state index contributed by atoms with van der Waals surface area (Å²) in [7, 11) is 0. The molecular weight excluding hydrogens is 300 g/mol. The Balaban J connectivity index is 1.58. The van der Waals surface area contributed by atoms with Gasteiger partial charge >= 0.3 is 0 Å². The number of aromatic amines is 1. The number of rotatable bonds is 4. The number of H-pyrrole nitrogens is 1. The summed E-state index contributed by atoms with van der Waals surface area (Å²) in [5, 5.41) is 4.17. The average Bonchev–Trinajstić information content (AvgIpc) is 3.12. The lowest BCUT2D eigenvalue weighted by Crippen LogP contribution is -2.01. The van der Waals surface area contributed by atoms with Crippen molar-refractivity contribution in [1.29, 1.82) is 0 Å². The fraction of sp³-hybridized carbons (Fsp3) is 0. The third-order valence-electron chi connectivity index (χ3n) is 3.80. The van der Waals surface area contributed by atoms with Gasteiger partial charge in [-0.3, -0.25) is 4.79 Å². The molecule has 4 rings (SSSR count). The number of nitrogens with one attached hydrogen (secondary N) is 2. The normalized spacial score (nSPS) is 10.7. The summed E-state index contributed by atoms with van der Waals surface area (Å²) in [6.45, 7) is 0. The molecule has 0 aliphatic rings. The molecule has 2 aromatic heterocycles. The molecule has 0 saturated carbocycles. The van der Waals surface area contributed by atoms with Crippen LogP contribution in [-0.2, 0) is 0 Å². The maximum absolute atomic E-state index is 12.4. The van der Waals surface area contributed by atoms with E-state index in [4.69, 9.17) is 0 Å². The Morgan fingerprint density at radius 3 is 2.42 bits per heavy atom. The van der Waals surface area contributed by atoms with E-state index in [0.717, 1.165) is 22.5 Å². The minimum Gasteiger partial charge on any atom is -0.346 e. The standard InChI is InChI=1S/C19H14N4O/c24-17(13-4-2-1-3-5-13)14-6-8-15(9-7-14)23-19-16-10-11-20-18(16)21-12-22-19/h1-12H,(H2,20,21,22,23). The number of hydrogen-bond donors (Lipinski definition) is 2. The molecule has 5 heteroatoms. The monoisotopic (exact) mass is 314 g/mol. The van der Waals surface area contributed by atoms with Crippen molar-refractivity contribution in [2.24, 2.45) is 0 Å². The van der Waals surface area contributed by atoms with Crippen LogP contribution in [0.15, 0.2) is 73.2 Å². The Morgan fingerprint density at radius 1 is 0.875 bits per heavy atom. The van der Waals surface area contributed by atoms with Gasteiger partial charge in [-0.15, -0.1) is 0 Å². The number of carbonyl (C=O) groups excluding carboxylic acids is 1. The quantitative estimate of drug-likeness (QED) is 0.560. The van der Waals surface area contributed by atoms with Crippen molar-refractivity contribution in [3.63, 3.8) is 0 Å². The van der Waals surface area contributed by atoms with Gasteiger partial charge < -0.3 is 10.3 Å². The number of benzene rings is 2. The summed E-state index contributed by atoms with van der Waals surface area (Å²) in [6, 6.07) is 18.5. The first-order valence-corrected chi connectivity index (χ1v) is 7.56. The third-order valence-corrected chi connectivity index (χ3v) is 3.80. The highest BCUT2D eigenvalue weighted by molar-refractivity contribution is 6.09. The molecule has 0 spiro atoms. The molecule has 2 heterocycles. The second kappa shape index (κ2) is 5.96. The first kappa shape index (κ1) is 14.1. The van der Waals surface area contributed by atoms with Crippen LogP contribution in [-0.4, -0.2) is 20.7 Å². The molecule has 2 N–H and O–H groups in total. The van der Waals surface area contributed by atoms with E-state index < -0.39 is 0 Å². The van der Waals surface area contributed by atoms with Crippen LogP contribution >= 0.6 is 0 Å². The predicted molar refractivity (Wildman–Crippen MR) is 93.5 cm³/mol. The molecule has 0 saturated heterocycles. The zero-order valence-electron chi connectivity index (χ0n) is 12.7. The van der Waals surface area contributed by atoms with Crippen LogP contribution in [0, 0.1) is 0 Å². The van der Waals surface area contributed by atoms with E-state index in [1.54, 1.807) is 0 Å². The van der Waals surface area contributed by atoms with Gasteiger partial charge in [0.1, 0.15) is 17.8 Å². The lowest BCUT2D eigenvalue weighted by Gasteiger charge is -2.07. The highest BCUT2D eigenvalue weighted by Gasteiger charge is 2.09. The van der Waals surface area contributed by atoms with Gasteiger partial charge in [0.2, 0.25) is 0 Å². The Labute approximate surface area is 138 Å². The lowest BCUT2D eigenvalue weighted by atomic mass is 10.0. The summed E-state index contributed by atoms with van der Waals surface area (Å²) in [5.41, 5.74) is 2.98. The second-order valence-electron chi connectivity index (χ2n) is 5.36. The molecule has 0 amide bonds. The van der Waals surface area contributed by atoms with Crippen LogP contribution < -0.4 is 5.32 Å². The van der Waals surface area contributed by atoms with Crippen molar-refractivity contribution in [1.82, 2.24) is 15.0 Å². The summed E-state index contributed by atoms with van der Waals surface area (Å²) in [4.78, 5) is 23.9. The van der Waals surface area contributed by atoms with E-state index in [9.17, 15) is 4.79 Å². The molecule has 0 aliphatic carbocycles. The van der Waals surface area contributed by atoms with Gasteiger partial charge in [0, 0.05) is 23.0 Å². The van der Waals surface area contributed by atoms with Gasteiger partial charge in [0.25, 0.3) is 0 Å². The van der Waals surface area contributed by atoms with Crippen LogP contribution in [0.2, 0.25) is 0 Å². The fourth-order valence-corrected chi connectivity index (χ4v) is 2.57. The highest BCUT2D eigenvalue weighted by Crippen LogP contribution is 2.22. The van der Waals surface area contributed by atoms with Gasteiger partial charge in [-0.05, 0) is 30.3 Å². The maximum atomic E-state index is 12.4. The SMILES string of the molecule is O=C(c1ccccc1)c1ccc(Nc2ncnc3[nH]ccc23)cc1. The molecule has 5 nitrogen and oxygen atoms in total. The van der Waals surface area contributed by atoms with Crippen molar-refractivity contribution in [3.8, 4) is 0 Å². The fourth-order valence-electron chi connectivity index (χ4n) is 2.57. The first-order valence-electron chi connectivity index (χ1n) is 7.56. The van der Waals surface area contributed by atoms with Gasteiger partial charge in [0.05, 0.1) is 5.39 Å². The van der Waals surface area contributed by atoms with E-state index >= 15 is 0 Å². The number of hydrogen-bond acceptors (Lipinski definition) is 4. The van der Waals surface area contributed by atoms with E-state index in [2.05, 4.69) is 20.3 Å². The Kier molecular flexibility index (Phi) is 3.51. The molecule has 116 valence electrons. The Hall–Kier alpha value is -3.47. The first-order chi connectivity index (χ1) is 11.8. The van der Waals surface area contributed by atoms with E-state index in [1.165, 1.54) is 6.33 Å². The number of aromatic nitrogens is 3. The van der Waals surface area contributed by atoms with Crippen molar-refractivity contribution >= 4 is 28.3 Å². The number of fused-ring (bicyclic) bond motifs is 1. The minimum atomic E-state index is 0.0113. The van der Waals surface area contributed by atoms with Gasteiger partial charge in [0.15, 0.2) is 5.78 Å². The zero-order valence-corrected chi connectivity index (χ0v) is 12.7. The van der Waals surface area contributed by atoms with Crippen LogP contribution in [0.4, 0.5) is 11.5 Å². The van der Waals surface area contributed by atoms with Crippen molar-refractivity contribution in [2.75, 3.05) is 5.32 Å². The topological polar surface area (TPSA) is 70.7 Å². The van der Waals surface area contributed by atoms with Crippen LogP contribution in [0.25, 0.3) is 11.0 Å². The van der Waals surface area contributed by atoms with Gasteiger partial charge in [-0.25, -0.2) is 9.97 Å². The van der Waals surface area contributed by atoms with Crippen molar-refractivity contribution in [3.05, 3.63) is 84.3 Å². The molecule has 24 heavy (non-hydrogen) atoms.